The number of aryl methyl sites for hydroxylation is 1. The lowest BCUT2D eigenvalue weighted by atomic mass is 10.1. The number of nitriles is 1. The van der Waals surface area contributed by atoms with Gasteiger partial charge in [0.25, 0.3) is 0 Å². The Labute approximate surface area is 138 Å². The molecule has 0 aliphatic heterocycles. The van der Waals surface area contributed by atoms with Gasteiger partial charge in [-0.3, -0.25) is 4.79 Å². The molecule has 0 fully saturated rings. The first-order chi connectivity index (χ1) is 11.1. The number of nitrogens with zero attached hydrogens (tertiary/aromatic N) is 6. The van der Waals surface area contributed by atoms with Crippen molar-refractivity contribution in [2.45, 2.75) is 19.4 Å². The lowest BCUT2D eigenvalue weighted by molar-refractivity contribution is -0.120. The summed E-state index contributed by atoms with van der Waals surface area (Å²) in [6.45, 7) is 1.47. The van der Waals surface area contributed by atoms with Crippen molar-refractivity contribution < 1.29 is 4.79 Å². The number of rotatable bonds is 5. The molecular formula is C13H10N6O2S2. The summed E-state index contributed by atoms with van der Waals surface area (Å²) < 4.78 is 2.07. The topological polar surface area (TPSA) is 106 Å². The molecule has 23 heavy (non-hydrogen) atoms. The summed E-state index contributed by atoms with van der Waals surface area (Å²) in [6.07, 6.45) is 0. The van der Waals surface area contributed by atoms with E-state index in [1.54, 1.807) is 24.4 Å². The number of tetrazole rings is 1. The third-order valence-corrected chi connectivity index (χ3v) is 4.87. The predicted octanol–water partition coefficient (Wildman–Crippen LogP) is 1.13. The van der Waals surface area contributed by atoms with E-state index in [1.165, 1.54) is 22.7 Å². The van der Waals surface area contributed by atoms with Crippen LogP contribution in [0.2, 0.25) is 0 Å². The van der Waals surface area contributed by atoms with Gasteiger partial charge in [0.05, 0.1) is 6.07 Å². The molecule has 0 amide bonds. The van der Waals surface area contributed by atoms with E-state index in [9.17, 15) is 14.9 Å². The molecule has 8 nitrogen and oxygen atoms in total. The summed E-state index contributed by atoms with van der Waals surface area (Å²) >= 11 is 2.58. The number of aromatic nitrogens is 5. The van der Waals surface area contributed by atoms with Gasteiger partial charge in [-0.1, -0.05) is 0 Å². The largest absolute Gasteiger partial charge is 0.369 e. The fraction of sp³-hybridized carbons (Fsp3) is 0.231. The third-order valence-electron chi connectivity index (χ3n) is 2.99. The highest BCUT2D eigenvalue weighted by Gasteiger charge is 2.25. The van der Waals surface area contributed by atoms with Gasteiger partial charge in [0.1, 0.15) is 16.6 Å². The molecule has 0 aliphatic rings. The Kier molecular flexibility index (Phi) is 4.14. The van der Waals surface area contributed by atoms with Crippen LogP contribution in [0, 0.1) is 18.3 Å². The lowest BCUT2D eigenvalue weighted by Crippen LogP contribution is -2.28. The molecule has 3 aromatic rings. The van der Waals surface area contributed by atoms with Crippen molar-refractivity contribution in [3.05, 3.63) is 44.1 Å². The summed E-state index contributed by atoms with van der Waals surface area (Å²) in [5, 5.41) is 21.3. The number of carbonyl (C=O) groups is 1. The Bertz CT molecular complexity index is 930. The van der Waals surface area contributed by atoms with E-state index < -0.39 is 17.4 Å². The minimum absolute atomic E-state index is 0.318. The van der Waals surface area contributed by atoms with Crippen LogP contribution in [-0.4, -0.2) is 30.6 Å². The molecule has 0 saturated carbocycles. The molecule has 0 bridgehead atoms. The van der Waals surface area contributed by atoms with E-state index in [0.717, 1.165) is 15.1 Å². The number of thiophene rings is 1. The molecule has 0 aliphatic carbocycles. The zero-order chi connectivity index (χ0) is 16.4. The van der Waals surface area contributed by atoms with E-state index in [4.69, 9.17) is 0 Å². The first kappa shape index (κ1) is 15.3. The average molecular weight is 346 g/mol. The second-order valence-electron chi connectivity index (χ2n) is 4.64. The first-order valence-electron chi connectivity index (χ1n) is 6.51. The fourth-order valence-corrected chi connectivity index (χ4v) is 3.44. The molecular weight excluding hydrogens is 336 g/mol. The monoisotopic (exact) mass is 346 g/mol. The summed E-state index contributed by atoms with van der Waals surface area (Å²) in [4.78, 5) is 28.7. The van der Waals surface area contributed by atoms with Gasteiger partial charge >= 0.3 is 5.69 Å². The molecule has 0 saturated heterocycles. The Hall–Kier alpha value is -2.64. The smallest absolute Gasteiger partial charge is 0.296 e. The van der Waals surface area contributed by atoms with Gasteiger partial charge in [-0.05, 0) is 34.9 Å². The van der Waals surface area contributed by atoms with E-state index in [0.29, 0.717) is 10.0 Å². The lowest BCUT2D eigenvalue weighted by Gasteiger charge is -2.03. The van der Waals surface area contributed by atoms with Crippen molar-refractivity contribution in [1.82, 2.24) is 24.8 Å². The molecule has 3 rings (SSSR count). The average Bonchev–Trinajstić information content (AvgIpc) is 3.24. The highest BCUT2D eigenvalue weighted by atomic mass is 32.1. The summed E-state index contributed by atoms with van der Waals surface area (Å²) in [5.74, 6) is -1.45. The molecule has 3 heterocycles. The normalized spacial score (nSPS) is 12.0. The molecule has 0 unspecified atom stereocenters. The van der Waals surface area contributed by atoms with Crippen LogP contribution in [-0.2, 0) is 11.3 Å². The van der Waals surface area contributed by atoms with Crippen LogP contribution in [0.1, 0.15) is 16.6 Å². The van der Waals surface area contributed by atoms with Crippen molar-refractivity contribution >= 4 is 28.5 Å². The highest BCUT2D eigenvalue weighted by Crippen LogP contribution is 2.21. The van der Waals surface area contributed by atoms with Crippen molar-refractivity contribution in [3.8, 4) is 11.1 Å². The van der Waals surface area contributed by atoms with Crippen LogP contribution in [0.25, 0.3) is 5.00 Å². The highest BCUT2D eigenvalue weighted by molar-refractivity contribution is 7.12. The van der Waals surface area contributed by atoms with Crippen LogP contribution in [0.4, 0.5) is 0 Å². The summed E-state index contributed by atoms with van der Waals surface area (Å²) in [5.41, 5.74) is 0.228. The standard InChI is InChI=1S/C13H10N6O2S2/c1-8-7-23-12(15-8)9(5-14)10(20)6-18-13(21)19(17-16-18)11-3-2-4-22-11/h2-4,7,9H,6H2,1H3/t9-/m0/s1. The van der Waals surface area contributed by atoms with Crippen LogP contribution in [0.3, 0.4) is 0 Å². The number of thiazole rings is 1. The molecule has 1 atom stereocenters. The number of ketones is 1. The minimum Gasteiger partial charge on any atom is -0.296 e. The zero-order valence-electron chi connectivity index (χ0n) is 11.9. The zero-order valence-corrected chi connectivity index (χ0v) is 13.5. The van der Waals surface area contributed by atoms with E-state index in [1.807, 2.05) is 11.4 Å². The van der Waals surface area contributed by atoms with Crippen molar-refractivity contribution in [3.63, 3.8) is 0 Å². The van der Waals surface area contributed by atoms with Crippen molar-refractivity contribution in [2.75, 3.05) is 0 Å². The Morgan fingerprint density at radius 3 is 2.87 bits per heavy atom. The van der Waals surface area contributed by atoms with Gasteiger partial charge in [-0.2, -0.15) is 14.6 Å². The molecule has 0 radical (unpaired) electrons. The summed E-state index contributed by atoms with van der Waals surface area (Å²) in [6, 6.07) is 5.45. The van der Waals surface area contributed by atoms with Gasteiger partial charge < -0.3 is 0 Å². The van der Waals surface area contributed by atoms with E-state index in [2.05, 4.69) is 15.4 Å². The quantitative estimate of drug-likeness (QED) is 0.685. The number of hydrogen-bond donors (Lipinski definition) is 0. The Balaban J connectivity index is 1.83. The minimum atomic E-state index is -1.01. The third kappa shape index (κ3) is 2.96. The van der Waals surface area contributed by atoms with E-state index in [-0.39, 0.29) is 6.54 Å². The van der Waals surface area contributed by atoms with Crippen molar-refractivity contribution in [2.24, 2.45) is 0 Å². The van der Waals surface area contributed by atoms with Gasteiger partial charge in [0.15, 0.2) is 11.7 Å². The predicted molar refractivity (Wildman–Crippen MR) is 83.7 cm³/mol. The fourth-order valence-electron chi connectivity index (χ4n) is 1.91. The molecule has 10 heteroatoms. The number of hydrogen-bond acceptors (Lipinski definition) is 8. The number of carbonyl (C=O) groups excluding carboxylic acids is 1. The Morgan fingerprint density at radius 1 is 1.43 bits per heavy atom. The summed E-state index contributed by atoms with van der Waals surface area (Å²) in [7, 11) is 0. The molecule has 0 spiro atoms. The maximum absolute atomic E-state index is 12.3. The maximum Gasteiger partial charge on any atom is 0.369 e. The van der Waals surface area contributed by atoms with Crippen molar-refractivity contribution in [1.29, 1.82) is 5.26 Å². The second kappa shape index (κ2) is 6.23. The number of Topliss-reactive ketones (excluding diaryl/α,β-unsaturated/α-hetero) is 1. The maximum atomic E-state index is 12.3. The molecule has 0 aromatic carbocycles. The van der Waals surface area contributed by atoms with Gasteiger partial charge in [0.2, 0.25) is 0 Å². The van der Waals surface area contributed by atoms with Gasteiger partial charge in [0, 0.05) is 11.1 Å². The molecule has 116 valence electrons. The van der Waals surface area contributed by atoms with E-state index >= 15 is 0 Å². The first-order valence-corrected chi connectivity index (χ1v) is 8.27. The molecule has 3 aromatic heterocycles. The molecule has 0 N–H and O–H groups in total. The van der Waals surface area contributed by atoms with Crippen LogP contribution >= 0.6 is 22.7 Å². The van der Waals surface area contributed by atoms with Crippen LogP contribution in [0.5, 0.6) is 0 Å². The van der Waals surface area contributed by atoms with Gasteiger partial charge in [-0.15, -0.1) is 22.7 Å². The van der Waals surface area contributed by atoms with Crippen LogP contribution in [0.15, 0.2) is 27.7 Å². The Morgan fingerprint density at radius 2 is 2.26 bits per heavy atom. The van der Waals surface area contributed by atoms with Crippen LogP contribution < -0.4 is 5.69 Å². The second-order valence-corrected chi connectivity index (χ2v) is 6.45. The SMILES string of the molecule is Cc1csc([C@@H](C#N)C(=O)Cn2nnn(-c3cccs3)c2=O)n1. The van der Waals surface area contributed by atoms with Gasteiger partial charge in [-0.25, -0.2) is 9.78 Å².